The van der Waals surface area contributed by atoms with E-state index in [-0.39, 0.29) is 17.9 Å². The second-order valence-electron chi connectivity index (χ2n) is 7.81. The minimum Gasteiger partial charge on any atom is -0.465 e. The van der Waals surface area contributed by atoms with E-state index >= 15 is 0 Å². The molecule has 1 N–H and O–H groups in total. The van der Waals surface area contributed by atoms with Gasteiger partial charge in [0, 0.05) is 43.2 Å². The van der Waals surface area contributed by atoms with Crippen molar-refractivity contribution in [2.45, 2.75) is 38.5 Å². The average molecular weight is 476 g/mol. The summed E-state index contributed by atoms with van der Waals surface area (Å²) in [5.74, 6) is -0.316. The Morgan fingerprint density at radius 3 is 2.43 bits per heavy atom. The third kappa shape index (κ3) is 4.43. The third-order valence-electron chi connectivity index (χ3n) is 5.85. The highest BCUT2D eigenvalue weighted by molar-refractivity contribution is 9.10. The Labute approximate surface area is 183 Å². The molecule has 2 aliphatic heterocycles. The molecule has 0 radical (unpaired) electrons. The SMILES string of the molecule is O=C(O)N1CCC(N2Cc3cc(F)ccc3CN(Cc3ccc(Br)cc3)C2=O)CC1. The van der Waals surface area contributed by atoms with Crippen LogP contribution >= 0.6 is 15.9 Å². The molecule has 0 bridgehead atoms. The summed E-state index contributed by atoms with van der Waals surface area (Å²) >= 11 is 3.43. The molecule has 4 rings (SSSR count). The summed E-state index contributed by atoms with van der Waals surface area (Å²) in [6.45, 7) is 1.99. The van der Waals surface area contributed by atoms with Gasteiger partial charge in [0.2, 0.25) is 0 Å². The molecule has 1 saturated heterocycles. The number of nitrogens with zero attached hydrogens (tertiary/aromatic N) is 3. The van der Waals surface area contributed by atoms with Crippen LogP contribution in [-0.2, 0) is 19.6 Å². The third-order valence-corrected chi connectivity index (χ3v) is 6.38. The standard InChI is InChI=1S/C22H23BrFN3O3/c23-18-4-1-15(2-5-18)12-26-13-16-3-6-19(24)11-17(16)14-27(21(26)28)20-7-9-25(10-8-20)22(29)30/h1-6,11,20H,7-10,12-14H2,(H,29,30). The molecule has 2 heterocycles. The summed E-state index contributed by atoms with van der Waals surface area (Å²) in [6.07, 6.45) is 0.226. The Morgan fingerprint density at radius 2 is 1.77 bits per heavy atom. The Hall–Kier alpha value is -2.61. The predicted octanol–water partition coefficient (Wildman–Crippen LogP) is 4.67. The number of carboxylic acid groups (broad SMARTS) is 1. The summed E-state index contributed by atoms with van der Waals surface area (Å²) < 4.78 is 14.9. The molecule has 8 heteroatoms. The first-order chi connectivity index (χ1) is 14.4. The average Bonchev–Trinajstić information content (AvgIpc) is 2.86. The summed E-state index contributed by atoms with van der Waals surface area (Å²) in [5, 5.41) is 9.21. The van der Waals surface area contributed by atoms with Crippen molar-refractivity contribution in [3.63, 3.8) is 0 Å². The van der Waals surface area contributed by atoms with Gasteiger partial charge >= 0.3 is 12.1 Å². The van der Waals surface area contributed by atoms with Gasteiger partial charge in [-0.15, -0.1) is 0 Å². The first-order valence-electron chi connectivity index (χ1n) is 9.96. The number of fused-ring (bicyclic) bond motifs is 1. The lowest BCUT2D eigenvalue weighted by Gasteiger charge is -2.38. The lowest BCUT2D eigenvalue weighted by atomic mass is 10.0. The molecule has 3 amide bonds. The van der Waals surface area contributed by atoms with Crippen molar-refractivity contribution in [2.24, 2.45) is 0 Å². The molecule has 30 heavy (non-hydrogen) atoms. The maximum Gasteiger partial charge on any atom is 0.407 e. The number of urea groups is 1. The second-order valence-corrected chi connectivity index (χ2v) is 8.72. The van der Waals surface area contributed by atoms with E-state index in [1.807, 2.05) is 24.3 Å². The molecule has 2 aromatic rings. The quantitative estimate of drug-likeness (QED) is 0.701. The number of likely N-dealkylation sites (tertiary alicyclic amines) is 1. The van der Waals surface area contributed by atoms with Crippen molar-refractivity contribution in [3.05, 3.63) is 69.4 Å². The smallest absolute Gasteiger partial charge is 0.407 e. The number of halogens is 2. The number of rotatable bonds is 3. The molecule has 0 atom stereocenters. The Balaban J connectivity index is 1.61. The normalized spacial score (nSPS) is 17.7. The molecule has 2 aliphatic rings. The van der Waals surface area contributed by atoms with Crippen LogP contribution in [0.2, 0.25) is 0 Å². The van der Waals surface area contributed by atoms with Gasteiger partial charge < -0.3 is 19.8 Å². The van der Waals surface area contributed by atoms with Crippen molar-refractivity contribution in [1.29, 1.82) is 0 Å². The molecule has 158 valence electrons. The number of hydrogen-bond donors (Lipinski definition) is 1. The van der Waals surface area contributed by atoms with Gasteiger partial charge in [0.15, 0.2) is 0 Å². The maximum atomic E-state index is 13.9. The minimum atomic E-state index is -0.931. The van der Waals surface area contributed by atoms with Crippen LogP contribution in [-0.4, -0.2) is 51.1 Å². The van der Waals surface area contributed by atoms with Crippen LogP contribution in [0, 0.1) is 5.82 Å². The van der Waals surface area contributed by atoms with Crippen LogP contribution < -0.4 is 0 Å². The Morgan fingerprint density at radius 1 is 1.07 bits per heavy atom. The fourth-order valence-electron chi connectivity index (χ4n) is 4.19. The Kier molecular flexibility index (Phi) is 5.94. The van der Waals surface area contributed by atoms with Crippen molar-refractivity contribution < 1.29 is 19.1 Å². The summed E-state index contributed by atoms with van der Waals surface area (Å²) in [5.41, 5.74) is 2.76. The highest BCUT2D eigenvalue weighted by Gasteiger charge is 2.34. The number of carbonyl (C=O) groups excluding carboxylic acids is 1. The van der Waals surface area contributed by atoms with E-state index in [1.165, 1.54) is 17.0 Å². The van der Waals surface area contributed by atoms with E-state index in [0.717, 1.165) is 21.2 Å². The van der Waals surface area contributed by atoms with Gasteiger partial charge in [-0.05, 0) is 53.8 Å². The van der Waals surface area contributed by atoms with Gasteiger partial charge in [-0.1, -0.05) is 34.1 Å². The lowest BCUT2D eigenvalue weighted by Crippen LogP contribution is -2.50. The van der Waals surface area contributed by atoms with Crippen LogP contribution in [0.25, 0.3) is 0 Å². The summed E-state index contributed by atoms with van der Waals surface area (Å²) in [4.78, 5) is 29.7. The van der Waals surface area contributed by atoms with Gasteiger partial charge in [-0.2, -0.15) is 0 Å². The van der Waals surface area contributed by atoms with Gasteiger partial charge in [-0.25, -0.2) is 14.0 Å². The van der Waals surface area contributed by atoms with Crippen molar-refractivity contribution in [1.82, 2.24) is 14.7 Å². The van der Waals surface area contributed by atoms with Crippen LogP contribution in [0.4, 0.5) is 14.0 Å². The van der Waals surface area contributed by atoms with E-state index < -0.39 is 6.09 Å². The molecule has 0 saturated carbocycles. The van der Waals surface area contributed by atoms with Crippen LogP contribution in [0.5, 0.6) is 0 Å². The van der Waals surface area contributed by atoms with Crippen LogP contribution in [0.15, 0.2) is 46.9 Å². The highest BCUT2D eigenvalue weighted by Crippen LogP contribution is 2.28. The fourth-order valence-corrected chi connectivity index (χ4v) is 4.45. The molecule has 0 aliphatic carbocycles. The maximum absolute atomic E-state index is 13.9. The van der Waals surface area contributed by atoms with Gasteiger partial charge in [0.05, 0.1) is 0 Å². The van der Waals surface area contributed by atoms with E-state index in [1.54, 1.807) is 15.9 Å². The van der Waals surface area contributed by atoms with Crippen molar-refractivity contribution in [2.75, 3.05) is 13.1 Å². The lowest BCUT2D eigenvalue weighted by molar-refractivity contribution is 0.0886. The zero-order valence-electron chi connectivity index (χ0n) is 16.4. The summed E-state index contributed by atoms with van der Waals surface area (Å²) in [7, 11) is 0. The fraction of sp³-hybridized carbons (Fsp3) is 0.364. The molecule has 2 aromatic carbocycles. The van der Waals surface area contributed by atoms with E-state index in [0.29, 0.717) is 45.6 Å². The molecule has 0 unspecified atom stereocenters. The second kappa shape index (κ2) is 8.63. The topological polar surface area (TPSA) is 64.1 Å². The first kappa shape index (κ1) is 20.7. The van der Waals surface area contributed by atoms with Crippen molar-refractivity contribution >= 4 is 28.1 Å². The van der Waals surface area contributed by atoms with Crippen molar-refractivity contribution in [3.8, 4) is 0 Å². The highest BCUT2D eigenvalue weighted by atomic mass is 79.9. The van der Waals surface area contributed by atoms with Gasteiger partial charge in [0.1, 0.15) is 5.82 Å². The predicted molar refractivity (Wildman–Crippen MR) is 113 cm³/mol. The first-order valence-corrected chi connectivity index (χ1v) is 10.7. The van der Waals surface area contributed by atoms with E-state index in [2.05, 4.69) is 15.9 Å². The van der Waals surface area contributed by atoms with E-state index in [9.17, 15) is 19.1 Å². The molecule has 6 nitrogen and oxygen atoms in total. The summed E-state index contributed by atoms with van der Waals surface area (Å²) in [6, 6.07) is 12.4. The molecule has 0 spiro atoms. The number of piperidine rings is 1. The minimum absolute atomic E-state index is 0.0743. The largest absolute Gasteiger partial charge is 0.465 e. The number of amides is 3. The molecular weight excluding hydrogens is 453 g/mol. The molecule has 0 aromatic heterocycles. The van der Waals surface area contributed by atoms with Gasteiger partial charge in [-0.3, -0.25) is 0 Å². The van der Waals surface area contributed by atoms with Crippen LogP contribution in [0.1, 0.15) is 29.5 Å². The van der Waals surface area contributed by atoms with Gasteiger partial charge in [0.25, 0.3) is 0 Å². The molecule has 1 fully saturated rings. The number of hydrogen-bond acceptors (Lipinski definition) is 2. The number of carbonyl (C=O) groups is 2. The zero-order valence-corrected chi connectivity index (χ0v) is 18.0. The monoisotopic (exact) mass is 475 g/mol. The van der Waals surface area contributed by atoms with E-state index in [4.69, 9.17) is 0 Å². The van der Waals surface area contributed by atoms with Crippen LogP contribution in [0.3, 0.4) is 0 Å². The molecular formula is C22H23BrFN3O3. The number of benzene rings is 2. The Bertz CT molecular complexity index is 945. The zero-order chi connectivity index (χ0) is 21.3.